The Bertz CT molecular complexity index is 371. The molecule has 3 nitrogen and oxygen atoms in total. The number of hydrogen-bond acceptors (Lipinski definition) is 3. The van der Waals surface area contributed by atoms with Crippen LogP contribution in [0.15, 0.2) is 24.3 Å². The van der Waals surface area contributed by atoms with Crippen molar-refractivity contribution in [1.29, 1.82) is 0 Å². The van der Waals surface area contributed by atoms with Gasteiger partial charge in [-0.15, -0.1) is 0 Å². The molecule has 0 fully saturated rings. The van der Waals surface area contributed by atoms with Crippen molar-refractivity contribution in [3.63, 3.8) is 0 Å². The van der Waals surface area contributed by atoms with E-state index in [0.29, 0.717) is 0 Å². The number of nitrogens with one attached hydrogen (secondary N) is 1. The summed E-state index contributed by atoms with van der Waals surface area (Å²) in [5, 5.41) is 3.51. The quantitative estimate of drug-likeness (QED) is 0.749. The SMILES string of the molecule is COCCC(C)(C)CNCc1ccc(OC(C)C)cc1. The van der Waals surface area contributed by atoms with Crippen LogP contribution in [0.3, 0.4) is 0 Å². The zero-order valence-corrected chi connectivity index (χ0v) is 13.5. The molecule has 0 bridgehead atoms. The Kier molecular flexibility index (Phi) is 7.03. The maximum Gasteiger partial charge on any atom is 0.119 e. The van der Waals surface area contributed by atoms with Gasteiger partial charge in [0.25, 0.3) is 0 Å². The minimum Gasteiger partial charge on any atom is -0.491 e. The van der Waals surface area contributed by atoms with Crippen molar-refractivity contribution in [2.45, 2.75) is 46.8 Å². The highest BCUT2D eigenvalue weighted by Crippen LogP contribution is 2.19. The van der Waals surface area contributed by atoms with E-state index in [9.17, 15) is 0 Å². The van der Waals surface area contributed by atoms with E-state index in [1.54, 1.807) is 7.11 Å². The van der Waals surface area contributed by atoms with Crippen LogP contribution in [0.4, 0.5) is 0 Å². The Labute approximate surface area is 123 Å². The molecule has 0 amide bonds. The van der Waals surface area contributed by atoms with Gasteiger partial charge in [0, 0.05) is 26.8 Å². The number of rotatable bonds is 9. The maximum absolute atomic E-state index is 5.64. The molecule has 0 spiro atoms. The van der Waals surface area contributed by atoms with Crippen LogP contribution in [-0.2, 0) is 11.3 Å². The molecule has 1 rings (SSSR count). The first-order chi connectivity index (χ1) is 9.43. The van der Waals surface area contributed by atoms with Gasteiger partial charge in [-0.2, -0.15) is 0 Å². The third-order valence-electron chi connectivity index (χ3n) is 3.21. The second-order valence-electron chi connectivity index (χ2n) is 6.32. The summed E-state index contributed by atoms with van der Waals surface area (Å²) in [5.74, 6) is 0.934. The van der Waals surface area contributed by atoms with Gasteiger partial charge in [-0.25, -0.2) is 0 Å². The molecule has 114 valence electrons. The molecule has 1 N–H and O–H groups in total. The van der Waals surface area contributed by atoms with Crippen molar-refractivity contribution in [2.75, 3.05) is 20.3 Å². The van der Waals surface area contributed by atoms with E-state index in [1.165, 1.54) is 5.56 Å². The third-order valence-corrected chi connectivity index (χ3v) is 3.21. The Balaban J connectivity index is 2.35. The van der Waals surface area contributed by atoms with Crippen LogP contribution in [0.1, 0.15) is 39.7 Å². The van der Waals surface area contributed by atoms with Gasteiger partial charge < -0.3 is 14.8 Å². The Hall–Kier alpha value is -1.06. The summed E-state index contributed by atoms with van der Waals surface area (Å²) in [5.41, 5.74) is 1.54. The normalized spacial score (nSPS) is 11.9. The van der Waals surface area contributed by atoms with Gasteiger partial charge in [0.1, 0.15) is 5.75 Å². The molecule has 0 heterocycles. The van der Waals surface area contributed by atoms with Crippen molar-refractivity contribution in [3.8, 4) is 5.75 Å². The van der Waals surface area contributed by atoms with E-state index >= 15 is 0 Å². The predicted molar refractivity (Wildman–Crippen MR) is 84.2 cm³/mol. The van der Waals surface area contributed by atoms with Crippen molar-refractivity contribution >= 4 is 0 Å². The van der Waals surface area contributed by atoms with Crippen LogP contribution >= 0.6 is 0 Å². The molecule has 0 radical (unpaired) electrons. The highest BCUT2D eigenvalue weighted by atomic mass is 16.5. The first-order valence-electron chi connectivity index (χ1n) is 7.38. The number of hydrogen-bond donors (Lipinski definition) is 1. The summed E-state index contributed by atoms with van der Waals surface area (Å²) in [6, 6.07) is 8.31. The van der Waals surface area contributed by atoms with Gasteiger partial charge >= 0.3 is 0 Å². The summed E-state index contributed by atoms with van der Waals surface area (Å²) in [4.78, 5) is 0. The highest BCUT2D eigenvalue weighted by Gasteiger charge is 2.16. The monoisotopic (exact) mass is 279 g/mol. The van der Waals surface area contributed by atoms with E-state index in [2.05, 4.69) is 31.3 Å². The molecule has 0 aromatic heterocycles. The van der Waals surface area contributed by atoms with Crippen molar-refractivity contribution < 1.29 is 9.47 Å². The van der Waals surface area contributed by atoms with Crippen LogP contribution in [0.25, 0.3) is 0 Å². The van der Waals surface area contributed by atoms with Gasteiger partial charge in [0.05, 0.1) is 6.10 Å². The van der Waals surface area contributed by atoms with E-state index in [-0.39, 0.29) is 11.5 Å². The molecular formula is C17H29NO2. The van der Waals surface area contributed by atoms with Gasteiger partial charge in [-0.3, -0.25) is 0 Å². The zero-order valence-electron chi connectivity index (χ0n) is 13.5. The van der Waals surface area contributed by atoms with Gasteiger partial charge in [-0.1, -0.05) is 26.0 Å². The minimum absolute atomic E-state index is 0.223. The highest BCUT2D eigenvalue weighted by molar-refractivity contribution is 5.27. The number of ether oxygens (including phenoxy) is 2. The second kappa shape index (κ2) is 8.28. The topological polar surface area (TPSA) is 30.5 Å². The average Bonchev–Trinajstić information content (AvgIpc) is 2.38. The van der Waals surface area contributed by atoms with Crippen LogP contribution in [0, 0.1) is 5.41 Å². The number of benzene rings is 1. The van der Waals surface area contributed by atoms with Crippen LogP contribution in [-0.4, -0.2) is 26.4 Å². The van der Waals surface area contributed by atoms with E-state index in [0.717, 1.165) is 31.9 Å². The smallest absolute Gasteiger partial charge is 0.119 e. The largest absolute Gasteiger partial charge is 0.491 e. The molecule has 20 heavy (non-hydrogen) atoms. The van der Waals surface area contributed by atoms with Gasteiger partial charge in [0.2, 0.25) is 0 Å². The molecule has 0 aliphatic rings. The fourth-order valence-electron chi connectivity index (χ4n) is 1.97. The Morgan fingerprint density at radius 1 is 1.15 bits per heavy atom. The zero-order chi connectivity index (χ0) is 15.0. The molecule has 0 aliphatic carbocycles. The van der Waals surface area contributed by atoms with Gasteiger partial charge in [0.15, 0.2) is 0 Å². The van der Waals surface area contributed by atoms with Crippen LogP contribution < -0.4 is 10.1 Å². The minimum atomic E-state index is 0.223. The summed E-state index contributed by atoms with van der Waals surface area (Å²) in [6.45, 7) is 11.3. The molecule has 0 unspecified atom stereocenters. The molecule has 1 aromatic carbocycles. The molecule has 0 atom stereocenters. The van der Waals surface area contributed by atoms with Crippen molar-refractivity contribution in [2.24, 2.45) is 5.41 Å². The second-order valence-corrected chi connectivity index (χ2v) is 6.32. The molecular weight excluding hydrogens is 250 g/mol. The van der Waals surface area contributed by atoms with Gasteiger partial charge in [-0.05, 0) is 43.4 Å². The molecule has 0 saturated carbocycles. The molecule has 1 aromatic rings. The average molecular weight is 279 g/mol. The third kappa shape index (κ3) is 6.92. The predicted octanol–water partition coefficient (Wildman–Crippen LogP) is 3.63. The standard InChI is InChI=1S/C17H29NO2/c1-14(2)20-16-8-6-15(7-9-16)12-18-13-17(3,4)10-11-19-5/h6-9,14,18H,10-13H2,1-5H3. The Morgan fingerprint density at radius 2 is 1.80 bits per heavy atom. The maximum atomic E-state index is 5.64. The molecule has 0 saturated heterocycles. The first kappa shape index (κ1) is 17.0. The van der Waals surface area contributed by atoms with Crippen LogP contribution in [0.5, 0.6) is 5.75 Å². The lowest BCUT2D eigenvalue weighted by molar-refractivity contribution is 0.150. The molecule has 3 heteroatoms. The lowest BCUT2D eigenvalue weighted by Crippen LogP contribution is -2.30. The summed E-state index contributed by atoms with van der Waals surface area (Å²) < 4.78 is 10.8. The Morgan fingerprint density at radius 3 is 2.35 bits per heavy atom. The first-order valence-corrected chi connectivity index (χ1v) is 7.38. The fourth-order valence-corrected chi connectivity index (χ4v) is 1.97. The summed E-state index contributed by atoms with van der Waals surface area (Å²) in [6.07, 6.45) is 1.29. The summed E-state index contributed by atoms with van der Waals surface area (Å²) in [7, 11) is 1.75. The lowest BCUT2D eigenvalue weighted by Gasteiger charge is -2.24. The van der Waals surface area contributed by atoms with Crippen molar-refractivity contribution in [3.05, 3.63) is 29.8 Å². The lowest BCUT2D eigenvalue weighted by atomic mass is 9.89. The van der Waals surface area contributed by atoms with Crippen LogP contribution in [0.2, 0.25) is 0 Å². The van der Waals surface area contributed by atoms with E-state index in [4.69, 9.17) is 9.47 Å². The van der Waals surface area contributed by atoms with E-state index < -0.39 is 0 Å². The fraction of sp³-hybridized carbons (Fsp3) is 0.647. The molecule has 0 aliphatic heterocycles. The number of methoxy groups -OCH3 is 1. The van der Waals surface area contributed by atoms with Crippen molar-refractivity contribution in [1.82, 2.24) is 5.32 Å². The summed E-state index contributed by atoms with van der Waals surface area (Å²) >= 11 is 0. The van der Waals surface area contributed by atoms with E-state index in [1.807, 2.05) is 26.0 Å².